The molecule has 2 atom stereocenters. The first-order valence-corrected chi connectivity index (χ1v) is 7.94. The third kappa shape index (κ3) is 6.77. The van der Waals surface area contributed by atoms with Crippen molar-refractivity contribution in [1.82, 2.24) is 5.32 Å². The van der Waals surface area contributed by atoms with Crippen LogP contribution in [0.15, 0.2) is 24.3 Å². The number of benzene rings is 1. The number of hydrogen-bond donors (Lipinski definition) is 1. The van der Waals surface area contributed by atoms with Gasteiger partial charge in [-0.15, -0.1) is 0 Å². The highest BCUT2D eigenvalue weighted by molar-refractivity contribution is 5.26. The molecule has 0 amide bonds. The Bertz CT molecular complexity index is 345. The van der Waals surface area contributed by atoms with Crippen LogP contribution in [0.2, 0.25) is 0 Å². The summed E-state index contributed by atoms with van der Waals surface area (Å²) in [4.78, 5) is 0. The summed E-state index contributed by atoms with van der Waals surface area (Å²) < 4.78 is 0. The SMILES string of the molecule is CCCCCCC(C)NC(C)Cc1ccccc1C. The molecule has 0 aliphatic carbocycles. The van der Waals surface area contributed by atoms with Gasteiger partial charge in [0.25, 0.3) is 0 Å². The van der Waals surface area contributed by atoms with E-state index in [2.05, 4.69) is 57.3 Å². The van der Waals surface area contributed by atoms with Crippen molar-refractivity contribution in [2.45, 2.75) is 78.3 Å². The fraction of sp³-hybridized carbons (Fsp3) is 0.667. The lowest BCUT2D eigenvalue weighted by atomic mass is 10.0. The fourth-order valence-corrected chi connectivity index (χ4v) is 2.67. The molecule has 1 nitrogen and oxygen atoms in total. The molecule has 0 aromatic heterocycles. The maximum Gasteiger partial charge on any atom is 0.00817 e. The molecule has 19 heavy (non-hydrogen) atoms. The van der Waals surface area contributed by atoms with E-state index in [1.807, 2.05) is 0 Å². The van der Waals surface area contributed by atoms with E-state index in [9.17, 15) is 0 Å². The zero-order valence-electron chi connectivity index (χ0n) is 13.2. The number of aryl methyl sites for hydroxylation is 1. The van der Waals surface area contributed by atoms with Gasteiger partial charge in [-0.2, -0.15) is 0 Å². The zero-order valence-corrected chi connectivity index (χ0v) is 13.2. The Morgan fingerprint density at radius 2 is 1.74 bits per heavy atom. The van der Waals surface area contributed by atoms with Gasteiger partial charge < -0.3 is 5.32 Å². The predicted octanol–water partition coefficient (Wildman–Crippen LogP) is 4.87. The van der Waals surface area contributed by atoms with Gasteiger partial charge in [-0.05, 0) is 44.7 Å². The largest absolute Gasteiger partial charge is 0.311 e. The molecule has 1 aromatic rings. The molecule has 0 spiro atoms. The number of hydrogen-bond acceptors (Lipinski definition) is 1. The van der Waals surface area contributed by atoms with Crippen LogP contribution in [0.25, 0.3) is 0 Å². The zero-order chi connectivity index (χ0) is 14.1. The first-order valence-electron chi connectivity index (χ1n) is 7.94. The van der Waals surface area contributed by atoms with Gasteiger partial charge in [-0.3, -0.25) is 0 Å². The second-order valence-corrected chi connectivity index (χ2v) is 5.95. The third-order valence-electron chi connectivity index (χ3n) is 3.85. The maximum atomic E-state index is 3.73. The molecule has 1 aromatic carbocycles. The van der Waals surface area contributed by atoms with E-state index >= 15 is 0 Å². The number of unbranched alkanes of at least 4 members (excludes halogenated alkanes) is 3. The average molecular weight is 261 g/mol. The van der Waals surface area contributed by atoms with Crippen molar-refractivity contribution in [3.8, 4) is 0 Å². The van der Waals surface area contributed by atoms with E-state index in [1.165, 1.54) is 43.2 Å². The van der Waals surface area contributed by atoms with E-state index in [0.717, 1.165) is 6.42 Å². The topological polar surface area (TPSA) is 12.0 Å². The number of nitrogens with one attached hydrogen (secondary N) is 1. The van der Waals surface area contributed by atoms with Gasteiger partial charge in [0.2, 0.25) is 0 Å². The van der Waals surface area contributed by atoms with Gasteiger partial charge >= 0.3 is 0 Å². The third-order valence-corrected chi connectivity index (χ3v) is 3.85. The average Bonchev–Trinajstić information content (AvgIpc) is 2.37. The van der Waals surface area contributed by atoms with Crippen molar-refractivity contribution >= 4 is 0 Å². The van der Waals surface area contributed by atoms with Crippen LogP contribution >= 0.6 is 0 Å². The molecule has 0 saturated heterocycles. The molecule has 1 N–H and O–H groups in total. The van der Waals surface area contributed by atoms with Crippen molar-refractivity contribution in [3.05, 3.63) is 35.4 Å². The molecule has 0 heterocycles. The highest BCUT2D eigenvalue weighted by atomic mass is 14.9. The number of rotatable bonds is 9. The van der Waals surface area contributed by atoms with Gasteiger partial charge in [0, 0.05) is 12.1 Å². The van der Waals surface area contributed by atoms with Gasteiger partial charge in [-0.25, -0.2) is 0 Å². The van der Waals surface area contributed by atoms with E-state index in [-0.39, 0.29) is 0 Å². The lowest BCUT2D eigenvalue weighted by Crippen LogP contribution is -2.36. The second kappa shape index (κ2) is 9.14. The van der Waals surface area contributed by atoms with Crippen molar-refractivity contribution in [3.63, 3.8) is 0 Å². The lowest BCUT2D eigenvalue weighted by Gasteiger charge is -2.21. The van der Waals surface area contributed by atoms with Crippen LogP contribution < -0.4 is 5.32 Å². The molecule has 0 fully saturated rings. The van der Waals surface area contributed by atoms with Gasteiger partial charge in [0.15, 0.2) is 0 Å². The van der Waals surface area contributed by atoms with Gasteiger partial charge in [-0.1, -0.05) is 56.9 Å². The van der Waals surface area contributed by atoms with E-state index in [0.29, 0.717) is 12.1 Å². The lowest BCUT2D eigenvalue weighted by molar-refractivity contribution is 0.428. The Labute approximate surface area is 119 Å². The molecule has 0 radical (unpaired) electrons. The molecule has 1 rings (SSSR count). The summed E-state index contributed by atoms with van der Waals surface area (Å²) in [6, 6.07) is 9.91. The standard InChI is InChI=1S/C18H31N/c1-5-6-7-8-12-16(3)19-17(4)14-18-13-10-9-11-15(18)2/h9-11,13,16-17,19H,5-8,12,14H2,1-4H3. The van der Waals surface area contributed by atoms with E-state index in [1.54, 1.807) is 0 Å². The summed E-state index contributed by atoms with van der Waals surface area (Å²) in [5, 5.41) is 3.73. The van der Waals surface area contributed by atoms with Gasteiger partial charge in [0.05, 0.1) is 0 Å². The second-order valence-electron chi connectivity index (χ2n) is 5.95. The Morgan fingerprint density at radius 1 is 1.00 bits per heavy atom. The van der Waals surface area contributed by atoms with Crippen molar-refractivity contribution in [2.24, 2.45) is 0 Å². The van der Waals surface area contributed by atoms with Gasteiger partial charge in [0.1, 0.15) is 0 Å². The highest BCUT2D eigenvalue weighted by Crippen LogP contribution is 2.11. The quantitative estimate of drug-likeness (QED) is 0.625. The van der Waals surface area contributed by atoms with Crippen molar-refractivity contribution in [2.75, 3.05) is 0 Å². The molecule has 108 valence electrons. The van der Waals surface area contributed by atoms with Crippen LogP contribution in [0.5, 0.6) is 0 Å². The normalized spacial score (nSPS) is 14.3. The summed E-state index contributed by atoms with van der Waals surface area (Å²) in [6.07, 6.45) is 7.88. The summed E-state index contributed by atoms with van der Waals surface area (Å²) in [5.41, 5.74) is 2.88. The molecular weight excluding hydrogens is 230 g/mol. The van der Waals surface area contributed by atoms with E-state index in [4.69, 9.17) is 0 Å². The van der Waals surface area contributed by atoms with Crippen LogP contribution in [-0.4, -0.2) is 12.1 Å². The Balaban J connectivity index is 2.26. The molecular formula is C18H31N. The summed E-state index contributed by atoms with van der Waals surface area (Å²) in [5.74, 6) is 0. The maximum absolute atomic E-state index is 3.73. The van der Waals surface area contributed by atoms with Crippen LogP contribution in [0.1, 0.15) is 64.0 Å². The summed E-state index contributed by atoms with van der Waals surface area (Å²) in [7, 11) is 0. The molecule has 0 bridgehead atoms. The first kappa shape index (κ1) is 16.2. The first-order chi connectivity index (χ1) is 9.13. The van der Waals surface area contributed by atoms with Crippen LogP contribution in [0, 0.1) is 6.92 Å². The molecule has 0 saturated carbocycles. The molecule has 0 aliphatic rings. The van der Waals surface area contributed by atoms with Crippen LogP contribution in [0.4, 0.5) is 0 Å². The Hall–Kier alpha value is -0.820. The molecule has 1 heteroatoms. The Kier molecular flexibility index (Phi) is 7.81. The Morgan fingerprint density at radius 3 is 2.42 bits per heavy atom. The minimum Gasteiger partial charge on any atom is -0.311 e. The minimum absolute atomic E-state index is 0.558. The van der Waals surface area contributed by atoms with Crippen molar-refractivity contribution in [1.29, 1.82) is 0 Å². The van der Waals surface area contributed by atoms with Crippen molar-refractivity contribution < 1.29 is 0 Å². The van der Waals surface area contributed by atoms with Crippen LogP contribution in [-0.2, 0) is 6.42 Å². The summed E-state index contributed by atoms with van der Waals surface area (Å²) >= 11 is 0. The van der Waals surface area contributed by atoms with Crippen LogP contribution in [0.3, 0.4) is 0 Å². The monoisotopic (exact) mass is 261 g/mol. The molecule has 2 unspecified atom stereocenters. The highest BCUT2D eigenvalue weighted by Gasteiger charge is 2.09. The smallest absolute Gasteiger partial charge is 0.00817 e. The fourth-order valence-electron chi connectivity index (χ4n) is 2.67. The predicted molar refractivity (Wildman–Crippen MR) is 85.7 cm³/mol. The molecule has 0 aliphatic heterocycles. The van der Waals surface area contributed by atoms with E-state index < -0.39 is 0 Å². The minimum atomic E-state index is 0.558. The summed E-state index contributed by atoms with van der Waals surface area (Å²) in [6.45, 7) is 9.09.